The highest BCUT2D eigenvalue weighted by Crippen LogP contribution is 2.31. The second-order valence-corrected chi connectivity index (χ2v) is 3.02. The van der Waals surface area contributed by atoms with Crippen molar-refractivity contribution in [1.82, 2.24) is 0 Å². The maximum Gasteiger partial charge on any atom is 0.416 e. The number of carboxylic acid groups (broad SMARTS) is 1. The van der Waals surface area contributed by atoms with Crippen LogP contribution in [0.2, 0.25) is 0 Å². The van der Waals surface area contributed by atoms with Crippen LogP contribution in [0, 0.1) is 11.3 Å². The zero-order chi connectivity index (χ0) is 12.3. The van der Waals surface area contributed by atoms with Gasteiger partial charge in [-0.1, -0.05) is 12.1 Å². The molecule has 0 bridgehead atoms. The van der Waals surface area contributed by atoms with Gasteiger partial charge in [0.15, 0.2) is 5.92 Å². The molecule has 3 nitrogen and oxygen atoms in total. The van der Waals surface area contributed by atoms with E-state index in [-0.39, 0.29) is 5.56 Å². The van der Waals surface area contributed by atoms with Gasteiger partial charge >= 0.3 is 12.1 Å². The Balaban J connectivity index is 3.18. The van der Waals surface area contributed by atoms with E-state index < -0.39 is 23.6 Å². The van der Waals surface area contributed by atoms with Gasteiger partial charge in [-0.3, -0.25) is 4.79 Å². The molecule has 0 spiro atoms. The van der Waals surface area contributed by atoms with Gasteiger partial charge in [-0.2, -0.15) is 18.4 Å². The molecule has 0 amide bonds. The molecule has 1 aromatic carbocycles. The maximum absolute atomic E-state index is 12.3. The predicted octanol–water partition coefficient (Wildman–Crippen LogP) is 2.40. The second-order valence-electron chi connectivity index (χ2n) is 3.02. The lowest BCUT2D eigenvalue weighted by Gasteiger charge is -2.09. The molecular weight excluding hydrogens is 223 g/mol. The van der Waals surface area contributed by atoms with Crippen LogP contribution in [0.15, 0.2) is 24.3 Å². The zero-order valence-corrected chi connectivity index (χ0v) is 7.82. The number of aliphatic carboxylic acids is 1. The number of benzene rings is 1. The van der Waals surface area contributed by atoms with Crippen LogP contribution in [-0.4, -0.2) is 11.1 Å². The van der Waals surface area contributed by atoms with Gasteiger partial charge in [0.1, 0.15) is 0 Å². The van der Waals surface area contributed by atoms with E-state index >= 15 is 0 Å². The average molecular weight is 229 g/mol. The second kappa shape index (κ2) is 4.23. The summed E-state index contributed by atoms with van der Waals surface area (Å²) in [6, 6.07) is 5.17. The summed E-state index contributed by atoms with van der Waals surface area (Å²) in [5.74, 6) is -3.05. The zero-order valence-electron chi connectivity index (χ0n) is 7.82. The lowest BCUT2D eigenvalue weighted by atomic mass is 9.99. The Morgan fingerprint density at radius 3 is 2.50 bits per heavy atom. The number of nitriles is 1. The number of alkyl halides is 3. The molecule has 16 heavy (non-hydrogen) atoms. The fourth-order valence-electron chi connectivity index (χ4n) is 1.17. The van der Waals surface area contributed by atoms with E-state index in [1.807, 2.05) is 0 Å². The van der Waals surface area contributed by atoms with Crippen molar-refractivity contribution >= 4 is 5.97 Å². The molecule has 1 unspecified atom stereocenters. The number of rotatable bonds is 2. The van der Waals surface area contributed by atoms with Crippen LogP contribution in [-0.2, 0) is 11.0 Å². The Labute approximate surface area is 88.7 Å². The quantitative estimate of drug-likeness (QED) is 0.846. The summed E-state index contributed by atoms with van der Waals surface area (Å²) in [6.07, 6.45) is -4.55. The van der Waals surface area contributed by atoms with Gasteiger partial charge in [-0.15, -0.1) is 0 Å². The van der Waals surface area contributed by atoms with E-state index in [9.17, 15) is 18.0 Å². The molecule has 0 aliphatic heterocycles. The van der Waals surface area contributed by atoms with Crippen molar-refractivity contribution in [1.29, 1.82) is 5.26 Å². The van der Waals surface area contributed by atoms with Gasteiger partial charge in [0.05, 0.1) is 11.6 Å². The number of hydrogen-bond donors (Lipinski definition) is 1. The first kappa shape index (κ1) is 12.0. The molecule has 6 heteroatoms. The number of halogens is 3. The van der Waals surface area contributed by atoms with Gasteiger partial charge in [0.2, 0.25) is 0 Å². The van der Waals surface area contributed by atoms with Crippen LogP contribution in [0.3, 0.4) is 0 Å². The Kier molecular flexibility index (Phi) is 3.18. The Hall–Kier alpha value is -2.03. The summed E-state index contributed by atoms with van der Waals surface area (Å²) >= 11 is 0. The molecule has 84 valence electrons. The van der Waals surface area contributed by atoms with Crippen molar-refractivity contribution < 1.29 is 23.1 Å². The van der Waals surface area contributed by atoms with Crippen LogP contribution < -0.4 is 0 Å². The van der Waals surface area contributed by atoms with E-state index in [1.165, 1.54) is 12.1 Å². The monoisotopic (exact) mass is 229 g/mol. The molecule has 0 aliphatic carbocycles. The maximum atomic E-state index is 12.3. The minimum absolute atomic E-state index is 0.176. The van der Waals surface area contributed by atoms with Gasteiger partial charge in [0.25, 0.3) is 0 Å². The molecule has 0 saturated heterocycles. The van der Waals surface area contributed by atoms with Crippen molar-refractivity contribution in [3.8, 4) is 6.07 Å². The molecular formula is C10H6F3NO2. The van der Waals surface area contributed by atoms with Crippen LogP contribution in [0.5, 0.6) is 0 Å². The van der Waals surface area contributed by atoms with Crippen molar-refractivity contribution in [2.45, 2.75) is 12.1 Å². The highest BCUT2D eigenvalue weighted by molar-refractivity contribution is 5.79. The van der Waals surface area contributed by atoms with E-state index in [1.54, 1.807) is 0 Å². The minimum Gasteiger partial charge on any atom is -0.480 e. The lowest BCUT2D eigenvalue weighted by Crippen LogP contribution is -2.11. The van der Waals surface area contributed by atoms with Crippen molar-refractivity contribution in [3.63, 3.8) is 0 Å². The molecule has 1 rings (SSSR count). The van der Waals surface area contributed by atoms with E-state index in [0.29, 0.717) is 6.07 Å². The predicted molar refractivity (Wildman–Crippen MR) is 47.4 cm³/mol. The van der Waals surface area contributed by atoms with Crippen LogP contribution >= 0.6 is 0 Å². The molecule has 0 aromatic heterocycles. The normalized spacial score (nSPS) is 12.9. The Bertz CT molecular complexity index is 448. The van der Waals surface area contributed by atoms with Gasteiger partial charge in [0, 0.05) is 0 Å². The van der Waals surface area contributed by atoms with E-state index in [4.69, 9.17) is 10.4 Å². The molecule has 0 aliphatic rings. The first-order valence-corrected chi connectivity index (χ1v) is 4.16. The summed E-state index contributed by atoms with van der Waals surface area (Å²) in [5.41, 5.74) is -1.14. The topological polar surface area (TPSA) is 61.1 Å². The molecule has 0 fully saturated rings. The largest absolute Gasteiger partial charge is 0.480 e. The first-order valence-electron chi connectivity index (χ1n) is 4.16. The summed E-state index contributed by atoms with van der Waals surface area (Å²) in [4.78, 5) is 10.6. The van der Waals surface area contributed by atoms with Crippen LogP contribution in [0.25, 0.3) is 0 Å². The molecule has 1 aromatic rings. The molecule has 1 N–H and O–H groups in total. The van der Waals surface area contributed by atoms with Crippen molar-refractivity contribution in [2.24, 2.45) is 0 Å². The Morgan fingerprint density at radius 1 is 1.44 bits per heavy atom. The number of hydrogen-bond acceptors (Lipinski definition) is 2. The number of nitrogens with zero attached hydrogens (tertiary/aromatic N) is 1. The lowest BCUT2D eigenvalue weighted by molar-refractivity contribution is -0.139. The minimum atomic E-state index is -4.55. The average Bonchev–Trinajstić information content (AvgIpc) is 2.17. The third kappa shape index (κ3) is 2.51. The fraction of sp³-hybridized carbons (Fsp3) is 0.200. The first-order chi connectivity index (χ1) is 7.36. The smallest absolute Gasteiger partial charge is 0.416 e. The summed E-state index contributed by atoms with van der Waals surface area (Å²) < 4.78 is 36.9. The molecule has 0 saturated carbocycles. The van der Waals surface area contributed by atoms with Gasteiger partial charge < -0.3 is 5.11 Å². The highest BCUT2D eigenvalue weighted by atomic mass is 19.4. The van der Waals surface area contributed by atoms with Crippen molar-refractivity contribution in [2.75, 3.05) is 0 Å². The third-order valence-corrected chi connectivity index (χ3v) is 1.92. The summed E-state index contributed by atoms with van der Waals surface area (Å²) in [7, 11) is 0. The molecule has 1 atom stereocenters. The molecule has 0 heterocycles. The number of carbonyl (C=O) groups is 1. The molecule has 0 radical (unpaired) electrons. The Morgan fingerprint density at radius 2 is 2.06 bits per heavy atom. The summed E-state index contributed by atoms with van der Waals surface area (Å²) in [6.45, 7) is 0. The van der Waals surface area contributed by atoms with E-state index in [0.717, 1.165) is 12.1 Å². The van der Waals surface area contributed by atoms with Crippen LogP contribution in [0.4, 0.5) is 13.2 Å². The SMILES string of the molecule is N#CC(C(=O)O)c1cccc(C(F)(F)F)c1. The summed E-state index contributed by atoms with van der Waals surface area (Å²) in [5, 5.41) is 17.1. The van der Waals surface area contributed by atoms with E-state index in [2.05, 4.69) is 0 Å². The highest BCUT2D eigenvalue weighted by Gasteiger charge is 2.31. The van der Waals surface area contributed by atoms with Gasteiger partial charge in [-0.25, -0.2) is 0 Å². The van der Waals surface area contributed by atoms with Crippen molar-refractivity contribution in [3.05, 3.63) is 35.4 Å². The third-order valence-electron chi connectivity index (χ3n) is 1.92. The van der Waals surface area contributed by atoms with Crippen LogP contribution in [0.1, 0.15) is 17.0 Å². The number of carboxylic acids is 1. The fourth-order valence-corrected chi connectivity index (χ4v) is 1.17. The standard InChI is InChI=1S/C10H6F3NO2/c11-10(12,13)7-3-1-2-6(4-7)8(5-14)9(15)16/h1-4,8H,(H,15,16). The van der Waals surface area contributed by atoms with Gasteiger partial charge in [-0.05, 0) is 17.7 Å².